The van der Waals surface area contributed by atoms with Crippen LogP contribution in [0.15, 0.2) is 136 Å². The second-order valence-corrected chi connectivity index (χ2v) is 15.5. The summed E-state index contributed by atoms with van der Waals surface area (Å²) in [5.74, 6) is 5.62. The number of hydrogen-bond donors (Lipinski definition) is 1. The summed E-state index contributed by atoms with van der Waals surface area (Å²) in [4.78, 5) is 32.7. The standard InChI is InChI=1S/C42H47N3O10S/c1-32-18-20-37(21-19-32)56(48,49)54-30-42(29-50-26-34-12-6-3-7-13-34)41(22-23-53-43,52-28-36-16-10-5-11-17-36)24-38(55-42)44-25-33(2)39(46)45(40(44)47)31-51-27-35-14-8-4-9-15-35/h3-21,25,38H,22-24,26-31,43H2,1-2H3/t38-,41+,42+/m1/s1. The van der Waals surface area contributed by atoms with Gasteiger partial charge in [0, 0.05) is 24.6 Å². The number of aryl methyl sites for hydroxylation is 2. The highest BCUT2D eigenvalue weighted by atomic mass is 32.2. The summed E-state index contributed by atoms with van der Waals surface area (Å²) in [5, 5.41) is 0. The van der Waals surface area contributed by atoms with E-state index < -0.39 is 45.4 Å². The largest absolute Gasteiger partial charge is 0.374 e. The molecule has 56 heavy (non-hydrogen) atoms. The van der Waals surface area contributed by atoms with E-state index in [2.05, 4.69) is 0 Å². The highest BCUT2D eigenvalue weighted by Crippen LogP contribution is 2.50. The minimum atomic E-state index is -4.34. The van der Waals surface area contributed by atoms with E-state index in [9.17, 15) is 18.0 Å². The van der Waals surface area contributed by atoms with Crippen molar-refractivity contribution in [3.8, 4) is 0 Å². The first-order valence-electron chi connectivity index (χ1n) is 18.2. The summed E-state index contributed by atoms with van der Waals surface area (Å²) in [6.45, 7) is 2.69. The fourth-order valence-corrected chi connectivity index (χ4v) is 7.73. The lowest BCUT2D eigenvalue weighted by Crippen LogP contribution is -2.59. The van der Waals surface area contributed by atoms with E-state index in [0.717, 1.165) is 26.8 Å². The van der Waals surface area contributed by atoms with E-state index in [1.807, 2.05) is 97.9 Å². The zero-order valence-corrected chi connectivity index (χ0v) is 32.3. The fourth-order valence-electron chi connectivity index (χ4n) is 6.78. The maximum Gasteiger partial charge on any atom is 0.335 e. The highest BCUT2D eigenvalue weighted by molar-refractivity contribution is 7.86. The Bertz CT molecular complexity index is 2250. The van der Waals surface area contributed by atoms with Crippen molar-refractivity contribution >= 4 is 10.1 Å². The molecule has 1 aliphatic rings. The molecule has 0 bridgehead atoms. The average Bonchev–Trinajstić information content (AvgIpc) is 3.53. The van der Waals surface area contributed by atoms with Crippen LogP contribution in [0.2, 0.25) is 0 Å². The van der Waals surface area contributed by atoms with Gasteiger partial charge in [-0.25, -0.2) is 15.3 Å². The van der Waals surface area contributed by atoms with Crippen molar-refractivity contribution in [1.82, 2.24) is 9.13 Å². The Morgan fingerprint density at radius 1 is 0.768 bits per heavy atom. The topological polar surface area (TPSA) is 160 Å². The first-order valence-corrected chi connectivity index (χ1v) is 19.6. The number of nitrogens with two attached hydrogens (primary N) is 1. The molecule has 0 spiro atoms. The van der Waals surface area contributed by atoms with Crippen molar-refractivity contribution in [1.29, 1.82) is 0 Å². The van der Waals surface area contributed by atoms with Crippen molar-refractivity contribution in [2.24, 2.45) is 5.90 Å². The molecule has 5 aromatic rings. The molecule has 0 saturated carbocycles. The molecular formula is C42H47N3O10S. The van der Waals surface area contributed by atoms with Crippen LogP contribution in [0.25, 0.3) is 0 Å². The first kappa shape index (κ1) is 40.9. The third kappa shape index (κ3) is 9.60. The Balaban J connectivity index is 1.42. The highest BCUT2D eigenvalue weighted by Gasteiger charge is 2.62. The van der Waals surface area contributed by atoms with Crippen LogP contribution < -0.4 is 17.1 Å². The summed E-state index contributed by atoms with van der Waals surface area (Å²) in [7, 11) is -4.34. The molecule has 3 atom stereocenters. The van der Waals surface area contributed by atoms with Crippen LogP contribution in [0.3, 0.4) is 0 Å². The van der Waals surface area contributed by atoms with E-state index in [4.69, 9.17) is 33.9 Å². The maximum atomic E-state index is 14.2. The van der Waals surface area contributed by atoms with Crippen LogP contribution in [0.5, 0.6) is 0 Å². The van der Waals surface area contributed by atoms with Crippen LogP contribution in [-0.4, -0.2) is 48.6 Å². The van der Waals surface area contributed by atoms with E-state index in [1.165, 1.54) is 22.9 Å². The molecule has 4 aromatic carbocycles. The minimum Gasteiger partial charge on any atom is -0.374 e. The molecule has 0 amide bonds. The van der Waals surface area contributed by atoms with Crippen LogP contribution in [0.1, 0.15) is 46.9 Å². The van der Waals surface area contributed by atoms with Gasteiger partial charge in [-0.15, -0.1) is 0 Å². The molecule has 1 aliphatic heterocycles. The van der Waals surface area contributed by atoms with E-state index >= 15 is 0 Å². The van der Waals surface area contributed by atoms with Gasteiger partial charge in [0.05, 0.1) is 37.9 Å². The van der Waals surface area contributed by atoms with Gasteiger partial charge in [-0.1, -0.05) is 109 Å². The van der Waals surface area contributed by atoms with Gasteiger partial charge in [0.1, 0.15) is 30.8 Å². The SMILES string of the molecule is Cc1ccc(S(=O)(=O)OC[C@]2(COCc3ccccc3)O[C@@H](n3cc(C)c(=O)n(COCc4ccccc4)c3=O)C[C@]2(CCON)OCc2ccccc2)cc1. The van der Waals surface area contributed by atoms with E-state index in [1.54, 1.807) is 19.1 Å². The summed E-state index contributed by atoms with van der Waals surface area (Å²) >= 11 is 0. The van der Waals surface area contributed by atoms with Crippen molar-refractivity contribution in [3.05, 3.63) is 170 Å². The van der Waals surface area contributed by atoms with E-state index in [0.29, 0.717) is 0 Å². The molecule has 6 rings (SSSR count). The molecule has 13 nitrogen and oxygen atoms in total. The lowest BCUT2D eigenvalue weighted by atomic mass is 9.80. The second-order valence-electron chi connectivity index (χ2n) is 13.9. The number of ether oxygens (including phenoxy) is 4. The molecule has 1 saturated heterocycles. The van der Waals surface area contributed by atoms with Gasteiger partial charge in [-0.3, -0.25) is 13.5 Å². The van der Waals surface area contributed by atoms with Gasteiger partial charge < -0.3 is 23.8 Å². The summed E-state index contributed by atoms with van der Waals surface area (Å²) < 4.78 is 61.6. The minimum absolute atomic E-state index is 0.00570. The number of hydrogen-bond acceptors (Lipinski definition) is 11. The third-order valence-electron chi connectivity index (χ3n) is 9.89. The predicted octanol–water partition coefficient (Wildman–Crippen LogP) is 5.32. The molecule has 0 unspecified atom stereocenters. The van der Waals surface area contributed by atoms with Gasteiger partial charge in [0.2, 0.25) is 0 Å². The molecule has 1 aromatic heterocycles. The summed E-state index contributed by atoms with van der Waals surface area (Å²) in [5.41, 5.74) is -0.635. The quantitative estimate of drug-likeness (QED) is 0.0854. The molecule has 2 heterocycles. The lowest BCUT2D eigenvalue weighted by molar-refractivity contribution is -0.216. The average molecular weight is 786 g/mol. The molecule has 14 heteroatoms. The van der Waals surface area contributed by atoms with Gasteiger partial charge in [0.25, 0.3) is 15.7 Å². The Morgan fingerprint density at radius 2 is 1.34 bits per heavy atom. The molecule has 296 valence electrons. The van der Waals surface area contributed by atoms with Crippen molar-refractivity contribution in [2.75, 3.05) is 19.8 Å². The Hall–Kier alpha value is -4.77. The third-order valence-corrected chi connectivity index (χ3v) is 11.2. The van der Waals surface area contributed by atoms with Crippen molar-refractivity contribution in [2.45, 2.75) is 75.6 Å². The first-order chi connectivity index (χ1) is 27.0. The molecule has 0 radical (unpaired) electrons. The van der Waals surface area contributed by atoms with Crippen LogP contribution in [0.4, 0.5) is 0 Å². The number of rotatable bonds is 19. The smallest absolute Gasteiger partial charge is 0.335 e. The Kier molecular flexibility index (Phi) is 13.5. The normalized spacial score (nSPS) is 19.7. The van der Waals surface area contributed by atoms with Crippen LogP contribution in [-0.2, 0) is 64.6 Å². The van der Waals surface area contributed by atoms with Gasteiger partial charge in [-0.05, 0) is 42.7 Å². The monoisotopic (exact) mass is 785 g/mol. The lowest BCUT2D eigenvalue weighted by Gasteiger charge is -2.43. The van der Waals surface area contributed by atoms with Gasteiger partial charge in [-0.2, -0.15) is 8.42 Å². The fraction of sp³-hybridized carbons (Fsp3) is 0.333. The Morgan fingerprint density at radius 3 is 1.93 bits per heavy atom. The number of benzene rings is 4. The Labute approximate surface area is 326 Å². The second kappa shape index (κ2) is 18.4. The molecule has 0 aliphatic carbocycles. The van der Waals surface area contributed by atoms with Gasteiger partial charge in [0.15, 0.2) is 0 Å². The zero-order chi connectivity index (χ0) is 39.6. The van der Waals surface area contributed by atoms with E-state index in [-0.39, 0.29) is 63.1 Å². The maximum absolute atomic E-state index is 14.2. The summed E-state index contributed by atoms with van der Waals surface area (Å²) in [6, 6.07) is 34.5. The van der Waals surface area contributed by atoms with Crippen LogP contribution in [0, 0.1) is 13.8 Å². The predicted molar refractivity (Wildman–Crippen MR) is 208 cm³/mol. The molecular weight excluding hydrogens is 739 g/mol. The number of nitrogens with zero attached hydrogens (tertiary/aromatic N) is 2. The van der Waals surface area contributed by atoms with Gasteiger partial charge >= 0.3 is 5.69 Å². The van der Waals surface area contributed by atoms with Crippen LogP contribution >= 0.6 is 0 Å². The molecule has 1 fully saturated rings. The van der Waals surface area contributed by atoms with Crippen molar-refractivity contribution < 1.29 is 36.4 Å². The number of aromatic nitrogens is 2. The van der Waals surface area contributed by atoms with Crippen molar-refractivity contribution in [3.63, 3.8) is 0 Å². The molecule has 2 N–H and O–H groups in total. The summed E-state index contributed by atoms with van der Waals surface area (Å²) in [6.07, 6.45) is 0.411. The zero-order valence-electron chi connectivity index (χ0n) is 31.5.